The first-order valence-electron chi connectivity index (χ1n) is 11.2. The van der Waals surface area contributed by atoms with E-state index in [1.54, 1.807) is 31.2 Å². The first-order chi connectivity index (χ1) is 15.8. The van der Waals surface area contributed by atoms with Crippen LogP contribution < -0.4 is 4.74 Å². The van der Waals surface area contributed by atoms with Gasteiger partial charge in [-0.05, 0) is 61.4 Å². The Morgan fingerprint density at radius 2 is 2.06 bits per heavy atom. The van der Waals surface area contributed by atoms with Crippen molar-refractivity contribution in [2.24, 2.45) is 5.41 Å². The fourth-order valence-electron chi connectivity index (χ4n) is 5.98. The molecule has 0 radical (unpaired) electrons. The number of imidazole rings is 1. The lowest BCUT2D eigenvalue weighted by Crippen LogP contribution is -2.68. The molecule has 1 aromatic heterocycles. The summed E-state index contributed by atoms with van der Waals surface area (Å²) in [6.07, 6.45) is 5.90. The maximum atomic E-state index is 13.9. The van der Waals surface area contributed by atoms with E-state index in [4.69, 9.17) is 16.3 Å². The Bertz CT molecular complexity index is 1270. The predicted molar refractivity (Wildman–Crippen MR) is 122 cm³/mol. The maximum Gasteiger partial charge on any atom is 0.173 e. The molecule has 1 aliphatic heterocycles. The van der Waals surface area contributed by atoms with Crippen molar-refractivity contribution in [3.05, 3.63) is 70.9 Å². The van der Waals surface area contributed by atoms with E-state index in [0.29, 0.717) is 28.3 Å². The molecule has 3 aromatic rings. The van der Waals surface area contributed by atoms with Gasteiger partial charge in [-0.15, -0.1) is 0 Å². The Kier molecular flexibility index (Phi) is 4.52. The number of carbonyl (C=O) groups excluding carboxylic acids is 1. The van der Waals surface area contributed by atoms with Gasteiger partial charge in [0, 0.05) is 40.7 Å². The van der Waals surface area contributed by atoms with Crippen molar-refractivity contribution in [3.63, 3.8) is 0 Å². The highest BCUT2D eigenvalue weighted by Crippen LogP contribution is 2.73. The van der Waals surface area contributed by atoms with Crippen molar-refractivity contribution in [2.75, 3.05) is 0 Å². The minimum Gasteiger partial charge on any atom is -0.482 e. The van der Waals surface area contributed by atoms with Crippen LogP contribution >= 0.6 is 11.6 Å². The van der Waals surface area contributed by atoms with Crippen LogP contribution in [0.25, 0.3) is 11.3 Å². The first-order valence-corrected chi connectivity index (χ1v) is 11.6. The summed E-state index contributed by atoms with van der Waals surface area (Å²) in [5, 5.41) is 11.0. The second kappa shape index (κ2) is 7.15. The summed E-state index contributed by atoms with van der Waals surface area (Å²) in [4.78, 5) is 17.5. The molecule has 3 fully saturated rings. The largest absolute Gasteiger partial charge is 0.482 e. The van der Waals surface area contributed by atoms with Gasteiger partial charge in [-0.2, -0.15) is 0 Å². The normalized spacial score (nSPS) is 29.5. The molecule has 33 heavy (non-hydrogen) atoms. The Labute approximate surface area is 196 Å². The van der Waals surface area contributed by atoms with Crippen LogP contribution in [-0.4, -0.2) is 26.5 Å². The summed E-state index contributed by atoms with van der Waals surface area (Å²) in [7, 11) is 0. The average molecular weight is 467 g/mol. The van der Waals surface area contributed by atoms with Crippen LogP contribution in [-0.2, 0) is 10.3 Å². The van der Waals surface area contributed by atoms with Crippen LogP contribution in [0.1, 0.15) is 49.3 Å². The average Bonchev–Trinajstić information content (AvgIpc) is 3.21. The highest BCUT2D eigenvalue weighted by molar-refractivity contribution is 6.30. The van der Waals surface area contributed by atoms with Crippen LogP contribution in [0.5, 0.6) is 5.75 Å². The molecule has 1 N–H and O–H groups in total. The van der Waals surface area contributed by atoms with Gasteiger partial charge in [0.05, 0.1) is 18.1 Å². The molecule has 4 aliphatic rings. The lowest BCUT2D eigenvalue weighted by atomic mass is 9.38. The zero-order valence-electron chi connectivity index (χ0n) is 18.2. The van der Waals surface area contributed by atoms with Crippen molar-refractivity contribution < 1.29 is 19.0 Å². The van der Waals surface area contributed by atoms with Gasteiger partial charge in [0.2, 0.25) is 0 Å². The Hall–Kier alpha value is -2.70. The van der Waals surface area contributed by atoms with Gasteiger partial charge in [-0.3, -0.25) is 4.79 Å². The third kappa shape index (κ3) is 3.30. The monoisotopic (exact) mass is 466 g/mol. The summed E-state index contributed by atoms with van der Waals surface area (Å²) in [6.45, 7) is 1.74. The Balaban J connectivity index is 1.11. The number of rotatable bonds is 5. The third-order valence-electron chi connectivity index (χ3n) is 7.66. The molecule has 0 saturated heterocycles. The molecule has 7 rings (SSSR count). The number of halogens is 2. The minimum absolute atomic E-state index is 0.00502. The number of aromatic nitrogens is 2. The van der Waals surface area contributed by atoms with Gasteiger partial charge in [0.25, 0.3) is 0 Å². The zero-order chi connectivity index (χ0) is 23.0. The van der Waals surface area contributed by atoms with Crippen LogP contribution in [0.3, 0.4) is 0 Å². The second-order valence-corrected chi connectivity index (χ2v) is 10.5. The van der Waals surface area contributed by atoms with E-state index in [-0.39, 0.29) is 29.0 Å². The van der Waals surface area contributed by atoms with E-state index >= 15 is 0 Å². The van der Waals surface area contributed by atoms with Gasteiger partial charge in [0.1, 0.15) is 11.6 Å². The number of aryl methyl sites for hydroxylation is 1. The number of hydrogen-bond acceptors (Lipinski definition) is 4. The molecule has 170 valence electrons. The lowest BCUT2D eigenvalue weighted by molar-refractivity contribution is -0.195. The highest BCUT2D eigenvalue weighted by atomic mass is 35.5. The molecule has 0 spiro atoms. The predicted octanol–water partition coefficient (Wildman–Crippen LogP) is 5.37. The van der Waals surface area contributed by atoms with Crippen LogP contribution in [0, 0.1) is 18.2 Å². The van der Waals surface area contributed by atoms with Gasteiger partial charge in [-0.25, -0.2) is 9.37 Å². The van der Waals surface area contributed by atoms with E-state index in [0.717, 1.165) is 30.5 Å². The summed E-state index contributed by atoms with van der Waals surface area (Å²) in [6, 6.07) is 10.3. The number of Topliss-reactive ketones (excluding diaryl/α,β-unsaturated/α-hetero) is 1. The fraction of sp³-hybridized carbons (Fsp3) is 0.385. The number of fused-ring (bicyclic) bond motifs is 1. The molecular formula is C26H24ClFN2O3. The van der Waals surface area contributed by atoms with Crippen LogP contribution in [0.2, 0.25) is 5.02 Å². The number of ether oxygens (including phenoxy) is 1. The zero-order valence-corrected chi connectivity index (χ0v) is 19.0. The Morgan fingerprint density at radius 3 is 2.82 bits per heavy atom. The third-order valence-corrected chi connectivity index (χ3v) is 7.89. The number of aliphatic hydroxyl groups is 1. The lowest BCUT2D eigenvalue weighted by Gasteiger charge is -2.71. The molecule has 2 atom stereocenters. The van der Waals surface area contributed by atoms with Crippen molar-refractivity contribution >= 4 is 17.4 Å². The Morgan fingerprint density at radius 1 is 1.27 bits per heavy atom. The number of carbonyl (C=O) groups is 1. The summed E-state index contributed by atoms with van der Waals surface area (Å²) < 4.78 is 22.0. The highest BCUT2D eigenvalue weighted by Gasteiger charge is 2.69. The number of ketones is 1. The van der Waals surface area contributed by atoms with Gasteiger partial charge in [-0.1, -0.05) is 23.7 Å². The summed E-state index contributed by atoms with van der Waals surface area (Å²) in [5.74, 6) is 0.347. The van der Waals surface area contributed by atoms with Crippen molar-refractivity contribution in [1.29, 1.82) is 0 Å². The van der Waals surface area contributed by atoms with E-state index in [1.165, 1.54) is 6.07 Å². The molecule has 3 saturated carbocycles. The summed E-state index contributed by atoms with van der Waals surface area (Å²) >= 11 is 6.02. The standard InChI is InChI=1S/C26H24ClFN2O3/c1-15-2-3-16(6-19(15)28)20-10-30(14-29-20)26-11-25(12-26,13-26)9-22(32)24-8-21(31)18-7-17(27)4-5-23(18)33-24/h2-7,10,14,21,24,31H,8-9,11-13H2,1H3/t21-,24-,25?,26?/m0/s1. The molecular weight excluding hydrogens is 443 g/mol. The molecule has 2 bridgehead atoms. The molecule has 7 heteroatoms. The van der Waals surface area contributed by atoms with Gasteiger partial charge in [0.15, 0.2) is 11.9 Å². The molecule has 3 aliphatic carbocycles. The maximum absolute atomic E-state index is 13.9. The molecule has 2 aromatic carbocycles. The van der Waals surface area contributed by atoms with E-state index in [1.807, 2.05) is 18.6 Å². The van der Waals surface area contributed by atoms with Crippen molar-refractivity contribution in [2.45, 2.75) is 56.8 Å². The van der Waals surface area contributed by atoms with Crippen LogP contribution in [0.15, 0.2) is 48.9 Å². The number of aliphatic hydroxyl groups excluding tert-OH is 1. The van der Waals surface area contributed by atoms with Crippen molar-refractivity contribution in [3.8, 4) is 17.0 Å². The number of nitrogens with zero attached hydrogens (tertiary/aromatic N) is 2. The molecule has 0 unspecified atom stereocenters. The number of benzene rings is 2. The summed E-state index contributed by atoms with van der Waals surface area (Å²) in [5.41, 5.74) is 2.79. The quantitative estimate of drug-likeness (QED) is 0.548. The topological polar surface area (TPSA) is 64.4 Å². The molecule has 2 heterocycles. The second-order valence-electron chi connectivity index (χ2n) is 10.1. The van der Waals surface area contributed by atoms with E-state index in [9.17, 15) is 14.3 Å². The van der Waals surface area contributed by atoms with Gasteiger partial charge < -0.3 is 14.4 Å². The van der Waals surface area contributed by atoms with Crippen molar-refractivity contribution in [1.82, 2.24) is 9.55 Å². The van der Waals surface area contributed by atoms with E-state index < -0.39 is 12.2 Å². The minimum atomic E-state index is -0.753. The molecule has 0 amide bonds. The molecule has 5 nitrogen and oxygen atoms in total. The fourth-order valence-corrected chi connectivity index (χ4v) is 6.16. The SMILES string of the molecule is Cc1ccc(-c2cn(C34CC(CC(=O)[C@@H]5C[C@H](O)c6cc(Cl)ccc6O5)(C3)C4)cn2)cc1F. The van der Waals surface area contributed by atoms with Crippen LogP contribution in [0.4, 0.5) is 4.39 Å². The van der Waals surface area contributed by atoms with E-state index in [2.05, 4.69) is 9.55 Å². The first kappa shape index (κ1) is 20.9. The van der Waals surface area contributed by atoms with Gasteiger partial charge >= 0.3 is 0 Å². The smallest absolute Gasteiger partial charge is 0.173 e. The number of hydrogen-bond donors (Lipinski definition) is 1.